The number of rotatable bonds is 3. The van der Waals surface area contributed by atoms with Crippen LogP contribution in [-0.4, -0.2) is 0 Å². The molecule has 0 aliphatic heterocycles. The topological polar surface area (TPSA) is 9.23 Å². The highest BCUT2D eigenvalue weighted by molar-refractivity contribution is 9.10. The molecule has 0 spiro atoms. The van der Waals surface area contributed by atoms with E-state index in [-0.39, 0.29) is 5.82 Å². The van der Waals surface area contributed by atoms with Crippen molar-refractivity contribution in [2.45, 2.75) is 20.5 Å². The van der Waals surface area contributed by atoms with Crippen LogP contribution in [0.15, 0.2) is 40.9 Å². The molecule has 18 heavy (non-hydrogen) atoms. The summed E-state index contributed by atoms with van der Waals surface area (Å²) in [5.74, 6) is 0.581. The Balaban J connectivity index is 2.11. The van der Waals surface area contributed by atoms with Gasteiger partial charge in [0, 0.05) is 0 Å². The molecule has 0 unspecified atom stereocenters. The molecule has 0 atom stereocenters. The van der Waals surface area contributed by atoms with Crippen LogP contribution < -0.4 is 4.74 Å². The van der Waals surface area contributed by atoms with Gasteiger partial charge in [-0.15, -0.1) is 0 Å². The molecule has 2 aromatic carbocycles. The van der Waals surface area contributed by atoms with Gasteiger partial charge in [-0.1, -0.05) is 12.1 Å². The van der Waals surface area contributed by atoms with Gasteiger partial charge < -0.3 is 4.74 Å². The van der Waals surface area contributed by atoms with Gasteiger partial charge in [-0.2, -0.15) is 0 Å². The predicted octanol–water partition coefficient (Wildman–Crippen LogP) is 4.78. The monoisotopic (exact) mass is 308 g/mol. The molecule has 0 saturated carbocycles. The summed E-state index contributed by atoms with van der Waals surface area (Å²) >= 11 is 3.47. The fraction of sp³-hybridized carbons (Fsp3) is 0.200. The summed E-state index contributed by atoms with van der Waals surface area (Å²) in [6, 6.07) is 10.7. The molecule has 2 aromatic rings. The fourth-order valence-corrected chi connectivity index (χ4v) is 2.31. The maximum Gasteiger partial charge on any atom is 0.134 e. The van der Waals surface area contributed by atoms with Gasteiger partial charge in [0.05, 0.1) is 4.47 Å². The van der Waals surface area contributed by atoms with E-state index in [0.717, 1.165) is 21.3 Å². The number of ether oxygens (including phenoxy) is 1. The minimum Gasteiger partial charge on any atom is -0.488 e. The summed E-state index contributed by atoms with van der Waals surface area (Å²) in [7, 11) is 0. The molecule has 0 aromatic heterocycles. The second kappa shape index (κ2) is 5.53. The minimum atomic E-state index is -0.215. The molecule has 2 rings (SSSR count). The first-order valence-corrected chi connectivity index (χ1v) is 6.49. The van der Waals surface area contributed by atoms with Gasteiger partial charge in [0.2, 0.25) is 0 Å². The standard InChI is InChI=1S/C15H14BrFO/c1-10-3-6-15(14(16)7-10)18-9-12-4-5-13(17)8-11(12)2/h3-8H,9H2,1-2H3. The number of benzene rings is 2. The second-order valence-electron chi connectivity index (χ2n) is 4.29. The highest BCUT2D eigenvalue weighted by Crippen LogP contribution is 2.26. The number of hydrogen-bond donors (Lipinski definition) is 0. The highest BCUT2D eigenvalue weighted by atomic mass is 79.9. The summed E-state index contributed by atoms with van der Waals surface area (Å²) < 4.78 is 19.6. The Kier molecular flexibility index (Phi) is 4.02. The molecular formula is C15H14BrFO. The maximum atomic E-state index is 13.0. The van der Waals surface area contributed by atoms with Crippen LogP contribution >= 0.6 is 15.9 Å². The minimum absolute atomic E-state index is 0.215. The van der Waals surface area contributed by atoms with Crippen molar-refractivity contribution in [2.24, 2.45) is 0 Å². The van der Waals surface area contributed by atoms with E-state index in [1.54, 1.807) is 6.07 Å². The summed E-state index contributed by atoms with van der Waals surface area (Å²) in [6.07, 6.45) is 0. The Morgan fingerprint density at radius 1 is 1.11 bits per heavy atom. The quantitative estimate of drug-likeness (QED) is 0.792. The van der Waals surface area contributed by atoms with Crippen molar-refractivity contribution >= 4 is 15.9 Å². The van der Waals surface area contributed by atoms with Crippen LogP contribution in [-0.2, 0) is 6.61 Å². The molecule has 0 aliphatic carbocycles. The lowest BCUT2D eigenvalue weighted by molar-refractivity contribution is 0.303. The number of halogens is 2. The fourth-order valence-electron chi connectivity index (χ4n) is 1.70. The molecule has 0 fully saturated rings. The molecular weight excluding hydrogens is 295 g/mol. The van der Waals surface area contributed by atoms with Gasteiger partial charge >= 0.3 is 0 Å². The van der Waals surface area contributed by atoms with Crippen LogP contribution in [0.4, 0.5) is 4.39 Å². The normalized spacial score (nSPS) is 10.4. The second-order valence-corrected chi connectivity index (χ2v) is 5.15. The summed E-state index contributed by atoms with van der Waals surface area (Å²) in [5.41, 5.74) is 3.06. The van der Waals surface area contributed by atoms with Gasteiger partial charge in [0.25, 0.3) is 0 Å². The van der Waals surface area contributed by atoms with Crippen LogP contribution in [0.2, 0.25) is 0 Å². The molecule has 3 heteroatoms. The van der Waals surface area contributed by atoms with Crippen LogP contribution in [0.25, 0.3) is 0 Å². The van der Waals surface area contributed by atoms with Crippen molar-refractivity contribution in [3.8, 4) is 5.75 Å². The first-order valence-electron chi connectivity index (χ1n) is 5.70. The lowest BCUT2D eigenvalue weighted by Gasteiger charge is -2.10. The third kappa shape index (κ3) is 3.10. The van der Waals surface area contributed by atoms with Crippen molar-refractivity contribution in [3.63, 3.8) is 0 Å². The molecule has 0 bridgehead atoms. The van der Waals surface area contributed by atoms with Crippen LogP contribution in [0.1, 0.15) is 16.7 Å². The van der Waals surface area contributed by atoms with Gasteiger partial charge in [0.15, 0.2) is 0 Å². The summed E-state index contributed by atoms with van der Waals surface area (Å²) in [5, 5.41) is 0. The first-order chi connectivity index (χ1) is 8.56. The van der Waals surface area contributed by atoms with E-state index in [4.69, 9.17) is 4.74 Å². The average Bonchev–Trinajstić information content (AvgIpc) is 2.30. The van der Waals surface area contributed by atoms with Crippen molar-refractivity contribution in [3.05, 3.63) is 63.4 Å². The van der Waals surface area contributed by atoms with Gasteiger partial charge in [-0.3, -0.25) is 0 Å². The molecule has 0 heterocycles. The Bertz CT molecular complexity index is 515. The molecule has 0 radical (unpaired) electrons. The van der Waals surface area contributed by atoms with E-state index in [0.29, 0.717) is 6.61 Å². The summed E-state index contributed by atoms with van der Waals surface area (Å²) in [6.45, 7) is 4.35. The Labute approximate surface area is 115 Å². The smallest absolute Gasteiger partial charge is 0.134 e. The third-order valence-corrected chi connectivity index (χ3v) is 3.39. The molecule has 0 amide bonds. The van der Waals surface area contributed by atoms with E-state index >= 15 is 0 Å². The Hall–Kier alpha value is -1.35. The highest BCUT2D eigenvalue weighted by Gasteiger charge is 2.04. The first kappa shape index (κ1) is 13.1. The van der Waals surface area contributed by atoms with E-state index < -0.39 is 0 Å². The maximum absolute atomic E-state index is 13.0. The zero-order valence-corrected chi connectivity index (χ0v) is 11.9. The zero-order chi connectivity index (χ0) is 13.1. The van der Waals surface area contributed by atoms with Gasteiger partial charge in [-0.05, 0) is 70.7 Å². The van der Waals surface area contributed by atoms with Crippen LogP contribution in [0.5, 0.6) is 5.75 Å². The van der Waals surface area contributed by atoms with Crippen LogP contribution in [0.3, 0.4) is 0 Å². The SMILES string of the molecule is Cc1ccc(OCc2ccc(F)cc2C)c(Br)c1. The van der Waals surface area contributed by atoms with Crippen LogP contribution in [0, 0.1) is 19.7 Å². The third-order valence-electron chi connectivity index (χ3n) is 2.78. The molecule has 0 aliphatic rings. The molecule has 1 nitrogen and oxygen atoms in total. The number of aryl methyl sites for hydroxylation is 2. The summed E-state index contributed by atoms with van der Waals surface area (Å²) in [4.78, 5) is 0. The lowest BCUT2D eigenvalue weighted by atomic mass is 10.1. The van der Waals surface area contributed by atoms with E-state index in [2.05, 4.69) is 15.9 Å². The molecule has 94 valence electrons. The predicted molar refractivity (Wildman–Crippen MR) is 74.3 cm³/mol. The van der Waals surface area contributed by atoms with Crippen molar-refractivity contribution in [1.29, 1.82) is 0 Å². The van der Waals surface area contributed by atoms with Crippen molar-refractivity contribution in [2.75, 3.05) is 0 Å². The van der Waals surface area contributed by atoms with Crippen molar-refractivity contribution < 1.29 is 9.13 Å². The van der Waals surface area contributed by atoms with E-state index in [1.807, 2.05) is 32.0 Å². The number of hydrogen-bond acceptors (Lipinski definition) is 1. The lowest BCUT2D eigenvalue weighted by Crippen LogP contribution is -1.99. The van der Waals surface area contributed by atoms with E-state index in [1.165, 1.54) is 17.7 Å². The van der Waals surface area contributed by atoms with E-state index in [9.17, 15) is 4.39 Å². The molecule has 0 saturated heterocycles. The van der Waals surface area contributed by atoms with Gasteiger partial charge in [0.1, 0.15) is 18.2 Å². The van der Waals surface area contributed by atoms with Crippen molar-refractivity contribution in [1.82, 2.24) is 0 Å². The zero-order valence-electron chi connectivity index (χ0n) is 10.3. The molecule has 0 N–H and O–H groups in total. The largest absolute Gasteiger partial charge is 0.488 e. The Morgan fingerprint density at radius 2 is 1.89 bits per heavy atom. The average molecular weight is 309 g/mol. The van der Waals surface area contributed by atoms with Gasteiger partial charge in [-0.25, -0.2) is 4.39 Å². The Morgan fingerprint density at radius 3 is 2.56 bits per heavy atom.